The van der Waals surface area contributed by atoms with Crippen molar-refractivity contribution in [3.8, 4) is 11.7 Å². The Hall–Kier alpha value is -3.37. The van der Waals surface area contributed by atoms with Gasteiger partial charge in [0.1, 0.15) is 0 Å². The third-order valence-corrected chi connectivity index (χ3v) is 4.72. The zero-order chi connectivity index (χ0) is 23.5. The van der Waals surface area contributed by atoms with Crippen LogP contribution in [0.2, 0.25) is 0 Å². The number of aryl methyl sites for hydroxylation is 2. The Labute approximate surface area is 182 Å². The number of nitrogens with zero attached hydrogens (tertiary/aromatic N) is 5. The van der Waals surface area contributed by atoms with Crippen molar-refractivity contribution in [3.05, 3.63) is 53.1 Å². The zero-order valence-corrected chi connectivity index (χ0v) is 17.9. The average molecular weight is 451 g/mol. The van der Waals surface area contributed by atoms with Gasteiger partial charge >= 0.3 is 12.1 Å². The average Bonchev–Trinajstić information content (AvgIpc) is 3.27. The minimum absolute atomic E-state index is 0.111. The molecular formula is C21H24F3N5O3. The van der Waals surface area contributed by atoms with Crippen molar-refractivity contribution >= 4 is 5.97 Å². The van der Waals surface area contributed by atoms with Crippen LogP contribution in [0, 0.1) is 0 Å². The maximum Gasteiger partial charge on any atom is 0.417 e. The number of alkyl halides is 3. The predicted octanol–water partition coefficient (Wildman–Crippen LogP) is 3.78. The van der Waals surface area contributed by atoms with Crippen LogP contribution in [0.4, 0.5) is 13.2 Å². The smallest absolute Gasteiger partial charge is 0.417 e. The van der Waals surface area contributed by atoms with E-state index in [0.29, 0.717) is 36.7 Å². The lowest BCUT2D eigenvalue weighted by atomic mass is 10.0. The number of aromatic nitrogens is 5. The molecule has 11 heteroatoms. The SMILES string of the molecule is CC(C)c1nn(-c2ccc(C(F)(F)F)cn2)cc1CCCOc1nn(C)cc1CC(=O)O. The lowest BCUT2D eigenvalue weighted by molar-refractivity contribution is -0.138. The lowest BCUT2D eigenvalue weighted by Gasteiger charge is -2.07. The van der Waals surface area contributed by atoms with Gasteiger partial charge in [0.05, 0.1) is 24.3 Å². The van der Waals surface area contributed by atoms with Gasteiger partial charge in [-0.15, -0.1) is 5.10 Å². The van der Waals surface area contributed by atoms with E-state index in [1.165, 1.54) is 15.4 Å². The molecule has 32 heavy (non-hydrogen) atoms. The van der Waals surface area contributed by atoms with Crippen molar-refractivity contribution < 1.29 is 27.8 Å². The number of ether oxygens (including phenoxy) is 1. The second kappa shape index (κ2) is 9.41. The molecule has 0 amide bonds. The molecule has 3 heterocycles. The molecular weight excluding hydrogens is 427 g/mol. The first-order chi connectivity index (χ1) is 15.0. The quantitative estimate of drug-likeness (QED) is 0.498. The summed E-state index contributed by atoms with van der Waals surface area (Å²) in [6, 6.07) is 2.27. The van der Waals surface area contributed by atoms with E-state index >= 15 is 0 Å². The first-order valence-corrected chi connectivity index (χ1v) is 10.0. The maximum absolute atomic E-state index is 12.8. The molecule has 3 aromatic heterocycles. The third-order valence-electron chi connectivity index (χ3n) is 4.72. The van der Waals surface area contributed by atoms with Gasteiger partial charge in [0.15, 0.2) is 5.82 Å². The van der Waals surface area contributed by atoms with Gasteiger partial charge in [-0.1, -0.05) is 13.8 Å². The van der Waals surface area contributed by atoms with Gasteiger partial charge in [-0.05, 0) is 36.5 Å². The standard InChI is InChI=1S/C21H24F3N5O3/c1-13(2)19-14(5-4-8-32-20-15(9-18(30)31)11-28(3)27-20)12-29(26-19)17-7-6-16(10-25-17)21(22,23)24/h6-7,10-13H,4-5,8-9H2,1-3H3,(H,30,31). The van der Waals surface area contributed by atoms with Crippen LogP contribution in [0.3, 0.4) is 0 Å². The summed E-state index contributed by atoms with van der Waals surface area (Å²) in [6.45, 7) is 4.29. The van der Waals surface area contributed by atoms with Crippen molar-refractivity contribution in [1.29, 1.82) is 0 Å². The Morgan fingerprint density at radius 1 is 1.19 bits per heavy atom. The van der Waals surface area contributed by atoms with Gasteiger partial charge < -0.3 is 9.84 Å². The van der Waals surface area contributed by atoms with Crippen LogP contribution in [0.25, 0.3) is 5.82 Å². The van der Waals surface area contributed by atoms with Crippen molar-refractivity contribution in [2.75, 3.05) is 6.61 Å². The highest BCUT2D eigenvalue weighted by Crippen LogP contribution is 2.29. The summed E-state index contributed by atoms with van der Waals surface area (Å²) < 4.78 is 47.0. The number of rotatable bonds is 9. The summed E-state index contributed by atoms with van der Waals surface area (Å²) in [6.07, 6.45) is 0.795. The molecule has 8 nitrogen and oxygen atoms in total. The summed E-state index contributed by atoms with van der Waals surface area (Å²) >= 11 is 0. The monoisotopic (exact) mass is 451 g/mol. The van der Waals surface area contributed by atoms with Gasteiger partial charge in [0.25, 0.3) is 0 Å². The molecule has 0 aliphatic carbocycles. The number of carbonyl (C=O) groups is 1. The molecule has 0 saturated carbocycles. The maximum atomic E-state index is 12.8. The topological polar surface area (TPSA) is 95.1 Å². The van der Waals surface area contributed by atoms with Crippen LogP contribution >= 0.6 is 0 Å². The lowest BCUT2D eigenvalue weighted by Crippen LogP contribution is -2.07. The molecule has 0 radical (unpaired) electrons. The highest BCUT2D eigenvalue weighted by Gasteiger charge is 2.30. The summed E-state index contributed by atoms with van der Waals surface area (Å²) in [4.78, 5) is 14.9. The van der Waals surface area contributed by atoms with Crippen LogP contribution in [-0.2, 0) is 30.9 Å². The van der Waals surface area contributed by atoms with Crippen LogP contribution in [0.1, 0.15) is 48.6 Å². The number of hydrogen-bond acceptors (Lipinski definition) is 5. The van der Waals surface area contributed by atoms with E-state index in [1.54, 1.807) is 19.4 Å². The molecule has 0 atom stereocenters. The van der Waals surface area contributed by atoms with Crippen molar-refractivity contribution in [1.82, 2.24) is 24.5 Å². The Bertz CT molecular complexity index is 1070. The molecule has 0 bridgehead atoms. The fourth-order valence-corrected chi connectivity index (χ4v) is 3.26. The summed E-state index contributed by atoms with van der Waals surface area (Å²) in [5.74, 6) is -0.258. The van der Waals surface area contributed by atoms with E-state index in [4.69, 9.17) is 9.84 Å². The molecule has 0 aliphatic heterocycles. The molecule has 0 fully saturated rings. The van der Waals surface area contributed by atoms with Crippen LogP contribution in [0.5, 0.6) is 5.88 Å². The van der Waals surface area contributed by atoms with Gasteiger partial charge in [-0.3, -0.25) is 9.48 Å². The highest BCUT2D eigenvalue weighted by atomic mass is 19.4. The second-order valence-electron chi connectivity index (χ2n) is 7.70. The molecule has 0 saturated heterocycles. The second-order valence-corrected chi connectivity index (χ2v) is 7.70. The van der Waals surface area contributed by atoms with Crippen molar-refractivity contribution in [3.63, 3.8) is 0 Å². The van der Waals surface area contributed by atoms with Crippen LogP contribution < -0.4 is 4.74 Å². The Kier molecular flexibility index (Phi) is 6.85. The number of pyridine rings is 1. The molecule has 3 rings (SSSR count). The fourth-order valence-electron chi connectivity index (χ4n) is 3.26. The fraction of sp³-hybridized carbons (Fsp3) is 0.429. The van der Waals surface area contributed by atoms with E-state index < -0.39 is 17.7 Å². The summed E-state index contributed by atoms with van der Waals surface area (Å²) in [7, 11) is 1.69. The first-order valence-electron chi connectivity index (χ1n) is 10.0. The van der Waals surface area contributed by atoms with Gasteiger partial charge in [0, 0.05) is 31.2 Å². The predicted molar refractivity (Wildman–Crippen MR) is 109 cm³/mol. The van der Waals surface area contributed by atoms with Gasteiger partial charge in [0.2, 0.25) is 5.88 Å². The molecule has 0 unspecified atom stereocenters. The van der Waals surface area contributed by atoms with Crippen molar-refractivity contribution in [2.24, 2.45) is 7.05 Å². The number of aliphatic carboxylic acids is 1. The molecule has 3 aromatic rings. The van der Waals surface area contributed by atoms with Crippen molar-refractivity contribution in [2.45, 2.75) is 45.2 Å². The molecule has 0 aliphatic rings. The molecule has 172 valence electrons. The first kappa shape index (κ1) is 23.3. The summed E-state index contributed by atoms with van der Waals surface area (Å²) in [5.41, 5.74) is 1.46. The minimum atomic E-state index is -4.44. The van der Waals surface area contributed by atoms with E-state index in [9.17, 15) is 18.0 Å². The number of halogens is 3. The zero-order valence-electron chi connectivity index (χ0n) is 17.9. The van der Waals surface area contributed by atoms with Crippen LogP contribution in [-0.4, -0.2) is 42.2 Å². The Balaban J connectivity index is 1.67. The molecule has 1 N–H and O–H groups in total. The Morgan fingerprint density at radius 2 is 1.94 bits per heavy atom. The summed E-state index contributed by atoms with van der Waals surface area (Å²) in [5, 5.41) is 17.7. The largest absolute Gasteiger partial charge is 0.481 e. The normalized spacial score (nSPS) is 11.8. The number of carboxylic acids is 1. The van der Waals surface area contributed by atoms with E-state index in [0.717, 1.165) is 23.5 Å². The number of hydrogen-bond donors (Lipinski definition) is 1. The van der Waals surface area contributed by atoms with Crippen LogP contribution in [0.15, 0.2) is 30.7 Å². The van der Waals surface area contributed by atoms with E-state index in [-0.39, 0.29) is 12.3 Å². The molecule has 0 aromatic carbocycles. The number of carboxylic acid groups (broad SMARTS) is 1. The van der Waals surface area contributed by atoms with Gasteiger partial charge in [-0.2, -0.15) is 18.3 Å². The molecule has 0 spiro atoms. The van der Waals surface area contributed by atoms with E-state index in [2.05, 4.69) is 15.2 Å². The third kappa shape index (κ3) is 5.65. The van der Waals surface area contributed by atoms with E-state index in [1.807, 2.05) is 13.8 Å². The highest BCUT2D eigenvalue weighted by molar-refractivity contribution is 5.70. The Morgan fingerprint density at radius 3 is 2.53 bits per heavy atom. The minimum Gasteiger partial charge on any atom is -0.481 e. The van der Waals surface area contributed by atoms with Gasteiger partial charge in [-0.25, -0.2) is 9.67 Å².